The van der Waals surface area contributed by atoms with E-state index in [4.69, 9.17) is 0 Å². The lowest BCUT2D eigenvalue weighted by Gasteiger charge is -2.54. The van der Waals surface area contributed by atoms with Gasteiger partial charge in [0.1, 0.15) is 0 Å². The summed E-state index contributed by atoms with van der Waals surface area (Å²) < 4.78 is 0. The zero-order valence-corrected chi connectivity index (χ0v) is 19.0. The number of fused-ring (bicyclic) bond motifs is 4. The van der Waals surface area contributed by atoms with Gasteiger partial charge in [-0.2, -0.15) is 0 Å². The highest BCUT2D eigenvalue weighted by molar-refractivity contribution is 5.93. The van der Waals surface area contributed by atoms with Gasteiger partial charge in [0.25, 0.3) is 0 Å². The third-order valence-electron chi connectivity index (χ3n) is 9.02. The van der Waals surface area contributed by atoms with Crippen molar-refractivity contribution in [2.45, 2.75) is 63.4 Å². The van der Waals surface area contributed by atoms with E-state index in [9.17, 15) is 15.0 Å². The summed E-state index contributed by atoms with van der Waals surface area (Å²) >= 11 is 0. The Morgan fingerprint density at radius 2 is 1.94 bits per heavy atom. The highest BCUT2D eigenvalue weighted by Crippen LogP contribution is 2.67. The van der Waals surface area contributed by atoms with Gasteiger partial charge in [0.15, 0.2) is 5.78 Å². The van der Waals surface area contributed by atoms with Gasteiger partial charge in [-0.1, -0.05) is 61.6 Å². The first-order valence-electron chi connectivity index (χ1n) is 12.1. The maximum absolute atomic E-state index is 12.1. The van der Waals surface area contributed by atoms with Crippen LogP contribution < -0.4 is 0 Å². The van der Waals surface area contributed by atoms with Gasteiger partial charge >= 0.3 is 0 Å². The van der Waals surface area contributed by atoms with Crippen molar-refractivity contribution in [1.82, 2.24) is 0 Å². The van der Waals surface area contributed by atoms with E-state index in [2.05, 4.69) is 37.8 Å². The minimum Gasteiger partial charge on any atom is -0.392 e. The lowest BCUT2D eigenvalue weighted by molar-refractivity contribution is -0.114. The lowest BCUT2D eigenvalue weighted by Crippen LogP contribution is -2.50. The van der Waals surface area contributed by atoms with Gasteiger partial charge in [-0.25, -0.2) is 0 Å². The van der Waals surface area contributed by atoms with E-state index in [0.717, 1.165) is 44.1 Å². The molecule has 1 aromatic carbocycles. The Bertz CT molecular complexity index is 1030. The smallest absolute Gasteiger partial charge is 0.156 e. The van der Waals surface area contributed by atoms with Crippen molar-refractivity contribution in [2.24, 2.45) is 17.3 Å². The second kappa shape index (κ2) is 7.97. The first kappa shape index (κ1) is 21.6. The first-order valence-corrected chi connectivity index (χ1v) is 12.1. The van der Waals surface area contributed by atoms with Crippen LogP contribution in [0.3, 0.4) is 0 Å². The van der Waals surface area contributed by atoms with Crippen LogP contribution in [0.15, 0.2) is 65.8 Å². The molecule has 5 rings (SSSR count). The summed E-state index contributed by atoms with van der Waals surface area (Å²) in [5, 5.41) is 21.2. The van der Waals surface area contributed by atoms with E-state index < -0.39 is 5.60 Å². The lowest BCUT2D eigenvalue weighted by atomic mass is 9.51. The number of ketones is 1. The molecule has 0 unspecified atom stereocenters. The average Bonchev–Trinajstić information content (AvgIpc) is 3.07. The summed E-state index contributed by atoms with van der Waals surface area (Å²) in [6.07, 6.45) is 13.5. The zero-order valence-electron chi connectivity index (χ0n) is 19.0. The zero-order chi connectivity index (χ0) is 22.5. The van der Waals surface area contributed by atoms with Gasteiger partial charge in [-0.3, -0.25) is 4.79 Å². The molecule has 0 aromatic heterocycles. The summed E-state index contributed by atoms with van der Waals surface area (Å²) in [7, 11) is 0. The van der Waals surface area contributed by atoms with Gasteiger partial charge in [0.2, 0.25) is 0 Å². The van der Waals surface area contributed by atoms with Gasteiger partial charge < -0.3 is 10.2 Å². The third kappa shape index (κ3) is 3.21. The van der Waals surface area contributed by atoms with E-state index in [0.29, 0.717) is 18.3 Å². The molecule has 2 N–H and O–H groups in total. The van der Waals surface area contributed by atoms with Crippen LogP contribution in [0.25, 0.3) is 6.08 Å². The molecule has 2 saturated carbocycles. The van der Waals surface area contributed by atoms with Crippen molar-refractivity contribution in [3.63, 3.8) is 0 Å². The Morgan fingerprint density at radius 1 is 1.16 bits per heavy atom. The Kier molecular flexibility index (Phi) is 5.38. The molecule has 32 heavy (non-hydrogen) atoms. The Balaban J connectivity index is 1.66. The predicted molar refractivity (Wildman–Crippen MR) is 128 cm³/mol. The molecular formula is C29H34O3. The SMILES string of the molecule is C=Cc1ccc([C@H]2C[C@@]3(C)[C@@H](CC[C@@]3(O)/C=C\CO)[C@@H]3CCC4=CC(=O)CCC4=C32)cc1. The summed E-state index contributed by atoms with van der Waals surface area (Å²) in [6, 6.07) is 8.71. The number of carbonyl (C=O) groups excluding carboxylic acids is 1. The molecule has 3 nitrogen and oxygen atoms in total. The average molecular weight is 431 g/mol. The molecule has 5 atom stereocenters. The van der Waals surface area contributed by atoms with Crippen LogP contribution in [0.4, 0.5) is 0 Å². The van der Waals surface area contributed by atoms with Crippen molar-refractivity contribution in [3.8, 4) is 0 Å². The van der Waals surface area contributed by atoms with Crippen LogP contribution in [0.2, 0.25) is 0 Å². The number of benzene rings is 1. The first-order chi connectivity index (χ1) is 15.4. The Morgan fingerprint density at radius 3 is 2.66 bits per heavy atom. The fourth-order valence-electron chi connectivity index (χ4n) is 7.38. The Labute approximate surface area is 191 Å². The molecule has 1 aromatic rings. The van der Waals surface area contributed by atoms with E-state index in [-0.39, 0.29) is 23.7 Å². The number of hydrogen-bond donors (Lipinski definition) is 2. The molecule has 0 bridgehead atoms. The van der Waals surface area contributed by atoms with Crippen LogP contribution in [-0.2, 0) is 4.79 Å². The maximum atomic E-state index is 12.1. The molecule has 4 aliphatic carbocycles. The maximum Gasteiger partial charge on any atom is 0.156 e. The molecule has 168 valence electrons. The second-order valence-corrected chi connectivity index (χ2v) is 10.4. The van der Waals surface area contributed by atoms with Crippen LogP contribution in [-0.4, -0.2) is 28.2 Å². The molecule has 3 heteroatoms. The van der Waals surface area contributed by atoms with Crippen LogP contribution >= 0.6 is 0 Å². The van der Waals surface area contributed by atoms with Crippen molar-refractivity contribution in [2.75, 3.05) is 6.61 Å². The molecule has 0 heterocycles. The number of hydrogen-bond acceptors (Lipinski definition) is 3. The van der Waals surface area contributed by atoms with E-state index >= 15 is 0 Å². The molecule has 4 aliphatic rings. The van der Waals surface area contributed by atoms with Gasteiger partial charge in [-0.15, -0.1) is 0 Å². The summed E-state index contributed by atoms with van der Waals surface area (Å²) in [6.45, 7) is 6.12. The molecule has 0 saturated heterocycles. The molecule has 0 radical (unpaired) electrons. The fourth-order valence-corrected chi connectivity index (χ4v) is 7.38. The number of aliphatic hydroxyl groups excluding tert-OH is 1. The second-order valence-electron chi connectivity index (χ2n) is 10.4. The van der Waals surface area contributed by atoms with E-state index in [1.165, 1.54) is 16.7 Å². The van der Waals surface area contributed by atoms with E-state index in [1.807, 2.05) is 18.2 Å². The predicted octanol–water partition coefficient (Wildman–Crippen LogP) is 5.51. The molecule has 2 fully saturated rings. The fraction of sp³-hybridized carbons (Fsp3) is 0.483. The van der Waals surface area contributed by atoms with Crippen LogP contribution in [0, 0.1) is 17.3 Å². The number of aliphatic hydroxyl groups is 2. The van der Waals surface area contributed by atoms with Crippen molar-refractivity contribution in [3.05, 3.63) is 76.9 Å². The largest absolute Gasteiger partial charge is 0.392 e. The van der Waals surface area contributed by atoms with Gasteiger partial charge in [0, 0.05) is 17.8 Å². The van der Waals surface area contributed by atoms with Crippen molar-refractivity contribution in [1.29, 1.82) is 0 Å². The summed E-state index contributed by atoms with van der Waals surface area (Å²) in [5.41, 5.74) is 5.49. The van der Waals surface area contributed by atoms with E-state index in [1.54, 1.807) is 11.6 Å². The standard InChI is InChI=1S/C29H34O3/c1-3-19-5-7-20(8-6-19)25-18-28(2)26(13-15-29(28,32)14-4-16-30)24-11-9-21-17-22(31)10-12-23(21)27(24)25/h3-8,14,17,24-26,30,32H,1,9-13,15-16,18H2,2H3/b14-4-/t24-,25+,26-,28-,29-/m0/s1. The van der Waals surface area contributed by atoms with Crippen molar-refractivity contribution >= 4 is 11.9 Å². The van der Waals surface area contributed by atoms with Gasteiger partial charge in [-0.05, 0) is 78.7 Å². The quantitative estimate of drug-likeness (QED) is 0.620. The number of rotatable bonds is 4. The third-order valence-corrected chi connectivity index (χ3v) is 9.02. The van der Waals surface area contributed by atoms with Crippen LogP contribution in [0.1, 0.15) is 68.9 Å². The minimum absolute atomic E-state index is 0.0452. The highest BCUT2D eigenvalue weighted by Gasteiger charge is 2.61. The highest BCUT2D eigenvalue weighted by atomic mass is 16.3. The number of carbonyl (C=O) groups is 1. The normalized spacial score (nSPS) is 36.5. The van der Waals surface area contributed by atoms with Crippen molar-refractivity contribution < 1.29 is 15.0 Å². The molecule has 0 spiro atoms. The monoisotopic (exact) mass is 430 g/mol. The number of allylic oxidation sites excluding steroid dienone is 4. The molecular weight excluding hydrogens is 396 g/mol. The Hall–Kier alpha value is -2.23. The summed E-state index contributed by atoms with van der Waals surface area (Å²) in [5.74, 6) is 1.36. The summed E-state index contributed by atoms with van der Waals surface area (Å²) in [4.78, 5) is 12.1. The minimum atomic E-state index is -0.894. The topological polar surface area (TPSA) is 57.5 Å². The van der Waals surface area contributed by atoms with Gasteiger partial charge in [0.05, 0.1) is 12.2 Å². The molecule has 0 aliphatic heterocycles. The molecule has 0 amide bonds. The van der Waals surface area contributed by atoms with Crippen LogP contribution in [0.5, 0.6) is 0 Å².